The molecule has 5 aromatic rings. The Morgan fingerprint density at radius 1 is 1.07 bits per heavy atom. The van der Waals surface area contributed by atoms with E-state index in [9.17, 15) is 4.79 Å². The number of hydrogen-bond donors (Lipinski definition) is 0. The molecule has 3 heterocycles. The topological polar surface area (TPSA) is 76.8 Å². The number of halogens is 1. The van der Waals surface area contributed by atoms with E-state index in [0.717, 1.165) is 21.4 Å². The van der Waals surface area contributed by atoms with Crippen LogP contribution in [0, 0.1) is 0 Å². The number of thiazole rings is 1. The fourth-order valence-electron chi connectivity index (χ4n) is 3.18. The van der Waals surface area contributed by atoms with Crippen molar-refractivity contribution in [2.45, 2.75) is 13.1 Å². The second kappa shape index (κ2) is 7.81. The van der Waals surface area contributed by atoms with Gasteiger partial charge in [-0.15, -0.1) is 5.10 Å². The van der Waals surface area contributed by atoms with Crippen LogP contribution in [0.1, 0.15) is 5.69 Å². The van der Waals surface area contributed by atoms with Gasteiger partial charge in [-0.1, -0.05) is 52.4 Å². The molecule has 0 spiro atoms. The summed E-state index contributed by atoms with van der Waals surface area (Å²) in [6.07, 6.45) is 1.71. The Kier molecular flexibility index (Phi) is 4.86. The number of hydrogen-bond acceptors (Lipinski definition) is 6. The van der Waals surface area contributed by atoms with Crippen LogP contribution < -0.4 is 4.90 Å². The maximum atomic E-state index is 13.4. The van der Waals surface area contributed by atoms with Crippen LogP contribution in [0.25, 0.3) is 21.3 Å². The first-order valence-electron chi connectivity index (χ1n) is 9.22. The molecule has 2 aromatic carbocycles. The number of amides is 1. The summed E-state index contributed by atoms with van der Waals surface area (Å²) in [6.45, 7) is 0.334. The quantitative estimate of drug-likeness (QED) is 0.411. The SMILES string of the molecule is O=C(Cn1nnc2ccccc21)N(Cc1ccccn1)c1nc2c(Cl)cccc2s1. The summed E-state index contributed by atoms with van der Waals surface area (Å²) in [4.78, 5) is 24.0. The zero-order valence-electron chi connectivity index (χ0n) is 15.6. The van der Waals surface area contributed by atoms with Crippen LogP contribution in [0.3, 0.4) is 0 Å². The highest BCUT2D eigenvalue weighted by Gasteiger charge is 2.22. The van der Waals surface area contributed by atoms with Gasteiger partial charge in [0.05, 0.1) is 27.5 Å². The molecule has 5 rings (SSSR count). The zero-order chi connectivity index (χ0) is 20.5. The fourth-order valence-corrected chi connectivity index (χ4v) is 4.46. The maximum absolute atomic E-state index is 13.4. The van der Waals surface area contributed by atoms with Gasteiger partial charge in [-0.25, -0.2) is 9.67 Å². The van der Waals surface area contributed by atoms with Crippen molar-refractivity contribution in [3.05, 3.63) is 77.6 Å². The van der Waals surface area contributed by atoms with Gasteiger partial charge in [0, 0.05) is 6.20 Å². The number of anilines is 1. The minimum Gasteiger partial charge on any atom is -0.280 e. The van der Waals surface area contributed by atoms with Crippen LogP contribution in [0.5, 0.6) is 0 Å². The predicted octanol–water partition coefficient (Wildman–Crippen LogP) is 4.32. The molecule has 0 radical (unpaired) electrons. The number of benzene rings is 2. The van der Waals surface area contributed by atoms with Crippen LogP contribution in [-0.4, -0.2) is 30.9 Å². The van der Waals surface area contributed by atoms with E-state index in [-0.39, 0.29) is 12.5 Å². The highest BCUT2D eigenvalue weighted by Crippen LogP contribution is 2.33. The number of carbonyl (C=O) groups excluding carboxylic acids is 1. The second-order valence-corrected chi connectivity index (χ2v) is 8.04. The van der Waals surface area contributed by atoms with Crippen molar-refractivity contribution in [3.63, 3.8) is 0 Å². The van der Waals surface area contributed by atoms with Gasteiger partial charge in [-0.3, -0.25) is 14.7 Å². The fraction of sp³-hybridized carbons (Fsp3) is 0.0952. The molecule has 0 bridgehead atoms. The zero-order valence-corrected chi connectivity index (χ0v) is 17.2. The highest BCUT2D eigenvalue weighted by atomic mass is 35.5. The van der Waals surface area contributed by atoms with Crippen molar-refractivity contribution in [1.82, 2.24) is 25.0 Å². The van der Waals surface area contributed by atoms with Crippen molar-refractivity contribution < 1.29 is 4.79 Å². The molecule has 0 atom stereocenters. The monoisotopic (exact) mass is 434 g/mol. The summed E-state index contributed by atoms with van der Waals surface area (Å²) in [5.74, 6) is -0.161. The van der Waals surface area contributed by atoms with Crippen LogP contribution in [0.2, 0.25) is 5.02 Å². The Balaban J connectivity index is 1.52. The molecule has 0 saturated heterocycles. The highest BCUT2D eigenvalue weighted by molar-refractivity contribution is 7.22. The number of para-hydroxylation sites is 2. The Labute approximate surface area is 180 Å². The van der Waals surface area contributed by atoms with E-state index in [1.165, 1.54) is 11.3 Å². The molecule has 7 nitrogen and oxygen atoms in total. The molecule has 0 saturated carbocycles. The van der Waals surface area contributed by atoms with Gasteiger partial charge < -0.3 is 0 Å². The number of rotatable bonds is 5. The Morgan fingerprint density at radius 3 is 2.77 bits per heavy atom. The molecule has 9 heteroatoms. The molecule has 0 aliphatic rings. The van der Waals surface area contributed by atoms with E-state index in [0.29, 0.717) is 22.2 Å². The van der Waals surface area contributed by atoms with E-state index < -0.39 is 0 Å². The Hall–Kier alpha value is -3.36. The summed E-state index contributed by atoms with van der Waals surface area (Å²) in [5, 5.41) is 9.40. The van der Waals surface area contributed by atoms with E-state index in [4.69, 9.17) is 11.6 Å². The van der Waals surface area contributed by atoms with Gasteiger partial charge in [-0.2, -0.15) is 0 Å². The van der Waals surface area contributed by atoms with E-state index in [1.54, 1.807) is 21.8 Å². The average Bonchev–Trinajstić information content (AvgIpc) is 3.38. The van der Waals surface area contributed by atoms with Crippen molar-refractivity contribution in [3.8, 4) is 0 Å². The lowest BCUT2D eigenvalue weighted by Crippen LogP contribution is -2.34. The molecular weight excluding hydrogens is 420 g/mol. The van der Waals surface area contributed by atoms with Gasteiger partial charge in [0.25, 0.3) is 5.91 Å². The van der Waals surface area contributed by atoms with Gasteiger partial charge in [0.1, 0.15) is 17.6 Å². The molecule has 0 fully saturated rings. The Morgan fingerprint density at radius 2 is 1.93 bits per heavy atom. The predicted molar refractivity (Wildman–Crippen MR) is 118 cm³/mol. The largest absolute Gasteiger partial charge is 0.280 e. The minimum absolute atomic E-state index is 0.0387. The van der Waals surface area contributed by atoms with Crippen LogP contribution in [0.4, 0.5) is 5.13 Å². The van der Waals surface area contributed by atoms with Crippen molar-refractivity contribution in [1.29, 1.82) is 0 Å². The standard InChI is InChI=1S/C21H15ClN6OS/c22-15-7-5-10-18-20(15)24-21(30-18)27(12-14-6-3-4-11-23-14)19(29)13-28-17-9-2-1-8-16(17)25-26-28/h1-11H,12-13H2. The number of carbonyl (C=O) groups is 1. The number of aromatic nitrogens is 5. The molecule has 0 N–H and O–H groups in total. The molecule has 30 heavy (non-hydrogen) atoms. The lowest BCUT2D eigenvalue weighted by Gasteiger charge is -2.19. The molecule has 3 aromatic heterocycles. The Bertz CT molecular complexity index is 1350. The first-order valence-corrected chi connectivity index (χ1v) is 10.4. The lowest BCUT2D eigenvalue weighted by atomic mass is 10.3. The van der Waals surface area contributed by atoms with Crippen LogP contribution in [0.15, 0.2) is 66.9 Å². The number of pyridine rings is 1. The molecule has 0 aliphatic heterocycles. The van der Waals surface area contributed by atoms with E-state index in [1.807, 2.05) is 54.6 Å². The summed E-state index contributed by atoms with van der Waals surface area (Å²) < 4.78 is 2.52. The molecule has 0 aliphatic carbocycles. The van der Waals surface area contributed by atoms with E-state index in [2.05, 4.69) is 20.3 Å². The van der Waals surface area contributed by atoms with Crippen LogP contribution in [-0.2, 0) is 17.9 Å². The second-order valence-electron chi connectivity index (χ2n) is 6.62. The summed E-state index contributed by atoms with van der Waals surface area (Å²) in [7, 11) is 0. The number of nitrogens with zero attached hydrogens (tertiary/aromatic N) is 6. The third kappa shape index (κ3) is 3.51. The first kappa shape index (κ1) is 18.7. The molecule has 0 unspecified atom stereocenters. The smallest absolute Gasteiger partial charge is 0.250 e. The van der Waals surface area contributed by atoms with E-state index >= 15 is 0 Å². The van der Waals surface area contributed by atoms with Gasteiger partial charge in [0.15, 0.2) is 5.13 Å². The lowest BCUT2D eigenvalue weighted by molar-refractivity contribution is -0.119. The third-order valence-electron chi connectivity index (χ3n) is 4.64. The van der Waals surface area contributed by atoms with Gasteiger partial charge >= 0.3 is 0 Å². The van der Waals surface area contributed by atoms with Crippen molar-refractivity contribution in [2.24, 2.45) is 0 Å². The van der Waals surface area contributed by atoms with Crippen molar-refractivity contribution >= 4 is 55.2 Å². The summed E-state index contributed by atoms with van der Waals surface area (Å²) >= 11 is 7.72. The van der Waals surface area contributed by atoms with Crippen molar-refractivity contribution in [2.75, 3.05) is 4.90 Å². The maximum Gasteiger partial charge on any atom is 0.250 e. The average molecular weight is 435 g/mol. The normalized spacial score (nSPS) is 11.2. The summed E-state index contributed by atoms with van der Waals surface area (Å²) in [6, 6.07) is 18.8. The van der Waals surface area contributed by atoms with Gasteiger partial charge in [-0.05, 0) is 36.4 Å². The minimum atomic E-state index is -0.161. The third-order valence-corrected chi connectivity index (χ3v) is 5.99. The number of fused-ring (bicyclic) bond motifs is 2. The first-order chi connectivity index (χ1) is 14.7. The summed E-state index contributed by atoms with van der Waals surface area (Å²) in [5.41, 5.74) is 2.99. The van der Waals surface area contributed by atoms with Crippen LogP contribution >= 0.6 is 22.9 Å². The van der Waals surface area contributed by atoms with Gasteiger partial charge in [0.2, 0.25) is 0 Å². The molecular formula is C21H15ClN6OS. The molecule has 1 amide bonds. The molecule has 148 valence electrons.